The third-order valence-corrected chi connectivity index (χ3v) is 5.20. The van der Waals surface area contributed by atoms with Crippen LogP contribution in [0.15, 0.2) is 0 Å². The summed E-state index contributed by atoms with van der Waals surface area (Å²) in [6, 6.07) is 0.791. The van der Waals surface area contributed by atoms with Crippen LogP contribution in [0.25, 0.3) is 0 Å². The maximum absolute atomic E-state index is 4.80. The molecule has 0 amide bonds. The molecule has 1 fully saturated rings. The van der Waals surface area contributed by atoms with Crippen LogP contribution >= 0.6 is 11.3 Å². The Balaban J connectivity index is 1.65. The first-order chi connectivity index (χ1) is 8.22. The standard InChI is InChI=1S/C14H22N2S/c1-9(2)10-3-6-12-13(7-10)17-14(16-12)8-15-11-4-5-11/h9-11,15H,3-8H2,1-2H3. The maximum atomic E-state index is 4.80. The average molecular weight is 250 g/mol. The second-order valence-electron chi connectivity index (χ2n) is 5.88. The first-order valence-corrected chi connectivity index (χ1v) is 7.75. The quantitative estimate of drug-likeness (QED) is 0.888. The van der Waals surface area contributed by atoms with Gasteiger partial charge in [0.1, 0.15) is 5.01 Å². The fraction of sp³-hybridized carbons (Fsp3) is 0.786. The van der Waals surface area contributed by atoms with E-state index in [1.165, 1.54) is 42.8 Å². The van der Waals surface area contributed by atoms with Gasteiger partial charge in [-0.25, -0.2) is 4.98 Å². The van der Waals surface area contributed by atoms with Gasteiger partial charge in [0.15, 0.2) is 0 Å². The molecular weight excluding hydrogens is 228 g/mol. The molecule has 0 radical (unpaired) electrons. The lowest BCUT2D eigenvalue weighted by Crippen LogP contribution is -2.18. The van der Waals surface area contributed by atoms with E-state index >= 15 is 0 Å². The molecular formula is C14H22N2S. The summed E-state index contributed by atoms with van der Waals surface area (Å²) in [6.07, 6.45) is 6.54. The second-order valence-corrected chi connectivity index (χ2v) is 7.05. The first kappa shape index (κ1) is 11.7. The summed E-state index contributed by atoms with van der Waals surface area (Å²) in [7, 11) is 0. The number of fused-ring (bicyclic) bond motifs is 1. The van der Waals surface area contributed by atoms with Gasteiger partial charge in [-0.3, -0.25) is 0 Å². The summed E-state index contributed by atoms with van der Waals surface area (Å²) in [5.74, 6) is 1.70. The van der Waals surface area contributed by atoms with Crippen LogP contribution in [0.4, 0.5) is 0 Å². The number of nitrogens with one attached hydrogen (secondary N) is 1. The van der Waals surface area contributed by atoms with Gasteiger partial charge < -0.3 is 5.32 Å². The van der Waals surface area contributed by atoms with Crippen molar-refractivity contribution in [2.24, 2.45) is 11.8 Å². The molecule has 0 aromatic carbocycles. The number of aryl methyl sites for hydroxylation is 1. The predicted molar refractivity (Wildman–Crippen MR) is 72.3 cm³/mol. The molecule has 1 unspecified atom stereocenters. The zero-order valence-electron chi connectivity index (χ0n) is 10.8. The molecule has 2 aliphatic carbocycles. The topological polar surface area (TPSA) is 24.9 Å². The zero-order valence-corrected chi connectivity index (χ0v) is 11.6. The van der Waals surface area contributed by atoms with Gasteiger partial charge in [0.05, 0.1) is 5.69 Å². The zero-order chi connectivity index (χ0) is 11.8. The van der Waals surface area contributed by atoms with Crippen molar-refractivity contribution in [2.75, 3.05) is 0 Å². The van der Waals surface area contributed by atoms with E-state index in [4.69, 9.17) is 4.98 Å². The Morgan fingerprint density at radius 1 is 1.35 bits per heavy atom. The summed E-state index contributed by atoms with van der Waals surface area (Å²) >= 11 is 1.95. The smallest absolute Gasteiger partial charge is 0.107 e. The van der Waals surface area contributed by atoms with Gasteiger partial charge in [0.25, 0.3) is 0 Å². The van der Waals surface area contributed by atoms with Crippen molar-refractivity contribution in [3.63, 3.8) is 0 Å². The number of thiazole rings is 1. The molecule has 1 aromatic heterocycles. The Labute approximate surface area is 108 Å². The molecule has 1 atom stereocenters. The van der Waals surface area contributed by atoms with Crippen LogP contribution in [0.3, 0.4) is 0 Å². The van der Waals surface area contributed by atoms with Crippen molar-refractivity contribution in [2.45, 2.75) is 58.5 Å². The summed E-state index contributed by atoms with van der Waals surface area (Å²) in [5.41, 5.74) is 1.40. The molecule has 1 saturated carbocycles. The molecule has 3 rings (SSSR count). The van der Waals surface area contributed by atoms with E-state index in [-0.39, 0.29) is 0 Å². The largest absolute Gasteiger partial charge is 0.308 e. The normalized spacial score (nSPS) is 24.1. The van der Waals surface area contributed by atoms with Crippen molar-refractivity contribution in [1.29, 1.82) is 0 Å². The molecule has 3 heteroatoms. The Kier molecular flexibility index (Phi) is 3.22. The molecule has 0 aliphatic heterocycles. The van der Waals surface area contributed by atoms with Crippen molar-refractivity contribution in [3.05, 3.63) is 15.6 Å². The fourth-order valence-electron chi connectivity index (χ4n) is 2.62. The highest BCUT2D eigenvalue weighted by Gasteiger charge is 2.25. The number of hydrogen-bond donors (Lipinski definition) is 1. The molecule has 1 N–H and O–H groups in total. The van der Waals surface area contributed by atoms with E-state index in [0.29, 0.717) is 0 Å². The molecule has 1 aromatic rings. The number of aromatic nitrogens is 1. The van der Waals surface area contributed by atoms with Crippen molar-refractivity contribution in [3.8, 4) is 0 Å². The van der Waals surface area contributed by atoms with Crippen LogP contribution in [0, 0.1) is 11.8 Å². The van der Waals surface area contributed by atoms with E-state index in [2.05, 4.69) is 19.2 Å². The minimum Gasteiger partial charge on any atom is -0.308 e. The molecule has 0 spiro atoms. The molecule has 94 valence electrons. The van der Waals surface area contributed by atoms with Crippen molar-refractivity contribution < 1.29 is 0 Å². The first-order valence-electron chi connectivity index (χ1n) is 6.93. The monoisotopic (exact) mass is 250 g/mol. The fourth-order valence-corrected chi connectivity index (χ4v) is 3.78. The molecule has 2 aliphatic rings. The molecule has 17 heavy (non-hydrogen) atoms. The second kappa shape index (κ2) is 4.69. The van der Waals surface area contributed by atoms with E-state index in [1.807, 2.05) is 11.3 Å². The predicted octanol–water partition coefficient (Wildman–Crippen LogP) is 3.16. The van der Waals surface area contributed by atoms with Gasteiger partial charge in [-0.05, 0) is 43.9 Å². The van der Waals surface area contributed by atoms with E-state index in [1.54, 1.807) is 4.88 Å². The summed E-state index contributed by atoms with van der Waals surface area (Å²) < 4.78 is 0. The third kappa shape index (κ3) is 2.71. The SMILES string of the molecule is CC(C)C1CCc2nc(CNC3CC3)sc2C1. The highest BCUT2D eigenvalue weighted by atomic mass is 32.1. The Morgan fingerprint density at radius 3 is 2.88 bits per heavy atom. The Bertz CT molecular complexity index is 393. The summed E-state index contributed by atoms with van der Waals surface area (Å²) in [6.45, 7) is 5.70. The summed E-state index contributed by atoms with van der Waals surface area (Å²) in [4.78, 5) is 6.37. The summed E-state index contributed by atoms with van der Waals surface area (Å²) in [5, 5.41) is 4.88. The van der Waals surface area contributed by atoms with E-state index < -0.39 is 0 Å². The maximum Gasteiger partial charge on any atom is 0.107 e. The van der Waals surface area contributed by atoms with Crippen molar-refractivity contribution in [1.82, 2.24) is 10.3 Å². The van der Waals surface area contributed by atoms with Crippen LogP contribution in [0.2, 0.25) is 0 Å². The lowest BCUT2D eigenvalue weighted by molar-refractivity contribution is 0.344. The van der Waals surface area contributed by atoms with Crippen molar-refractivity contribution >= 4 is 11.3 Å². The Morgan fingerprint density at radius 2 is 2.18 bits per heavy atom. The minimum absolute atomic E-state index is 0.791. The molecule has 2 nitrogen and oxygen atoms in total. The minimum atomic E-state index is 0.791. The third-order valence-electron chi connectivity index (χ3n) is 4.08. The van der Waals surface area contributed by atoms with Crippen LogP contribution in [-0.4, -0.2) is 11.0 Å². The van der Waals surface area contributed by atoms with Gasteiger partial charge >= 0.3 is 0 Å². The van der Waals surface area contributed by atoms with E-state index in [9.17, 15) is 0 Å². The number of rotatable bonds is 4. The lowest BCUT2D eigenvalue weighted by Gasteiger charge is -2.24. The Hall–Kier alpha value is -0.410. The molecule has 1 heterocycles. The number of hydrogen-bond acceptors (Lipinski definition) is 3. The van der Waals surface area contributed by atoms with Gasteiger partial charge in [0, 0.05) is 17.5 Å². The number of nitrogens with zero attached hydrogens (tertiary/aromatic N) is 1. The molecule has 0 saturated heterocycles. The van der Waals surface area contributed by atoms with Crippen LogP contribution < -0.4 is 5.32 Å². The van der Waals surface area contributed by atoms with Crippen LogP contribution in [0.5, 0.6) is 0 Å². The average Bonchev–Trinajstić information content (AvgIpc) is 3.04. The lowest BCUT2D eigenvalue weighted by atomic mass is 9.83. The highest BCUT2D eigenvalue weighted by molar-refractivity contribution is 7.11. The highest BCUT2D eigenvalue weighted by Crippen LogP contribution is 2.33. The van der Waals surface area contributed by atoms with Gasteiger partial charge in [-0.1, -0.05) is 13.8 Å². The van der Waals surface area contributed by atoms with Gasteiger partial charge in [0.2, 0.25) is 0 Å². The van der Waals surface area contributed by atoms with E-state index in [0.717, 1.165) is 24.4 Å². The van der Waals surface area contributed by atoms with Crippen LogP contribution in [-0.2, 0) is 19.4 Å². The van der Waals surface area contributed by atoms with Gasteiger partial charge in [-0.2, -0.15) is 0 Å². The van der Waals surface area contributed by atoms with Gasteiger partial charge in [-0.15, -0.1) is 11.3 Å². The van der Waals surface area contributed by atoms with Crippen LogP contribution in [0.1, 0.15) is 48.7 Å². The molecule has 0 bridgehead atoms.